The van der Waals surface area contributed by atoms with E-state index >= 15 is 0 Å². The van der Waals surface area contributed by atoms with Crippen molar-refractivity contribution in [3.63, 3.8) is 0 Å². The molecule has 96 valence electrons. The Morgan fingerprint density at radius 2 is 1.78 bits per heavy atom. The molecule has 0 saturated carbocycles. The first-order valence-corrected chi connectivity index (χ1v) is 5.79. The Labute approximate surface area is 110 Å². The van der Waals surface area contributed by atoms with E-state index in [1.54, 1.807) is 30.4 Å². The van der Waals surface area contributed by atoms with Gasteiger partial charge in [0.1, 0.15) is 0 Å². The Hall–Kier alpha value is -1.81. The molecular weight excluding hydrogens is 256 g/mol. The lowest BCUT2D eigenvalue weighted by molar-refractivity contribution is -0.134. The number of rotatable bonds is 4. The highest BCUT2D eigenvalue weighted by molar-refractivity contribution is 6.19. The number of carbonyl (C=O) groups excluding carboxylic acids is 2. The van der Waals surface area contributed by atoms with Crippen LogP contribution >= 0.6 is 11.6 Å². The van der Waals surface area contributed by atoms with Crippen molar-refractivity contribution >= 4 is 29.6 Å². The van der Waals surface area contributed by atoms with Crippen molar-refractivity contribution in [3.8, 4) is 11.5 Å². The molecule has 18 heavy (non-hydrogen) atoms. The quantitative estimate of drug-likeness (QED) is 0.479. The number of halogens is 1. The monoisotopic (exact) mass is 268 g/mol. The minimum absolute atomic E-state index is 0.203. The fraction of sp³-hybridized carbons (Fsp3) is 0.231. The van der Waals surface area contributed by atoms with Gasteiger partial charge in [-0.25, -0.2) is 0 Å². The van der Waals surface area contributed by atoms with Gasteiger partial charge >= 0.3 is 11.9 Å². The first kappa shape index (κ1) is 14.3. The van der Waals surface area contributed by atoms with Crippen molar-refractivity contribution in [1.82, 2.24) is 0 Å². The maximum Gasteiger partial charge on any atom is 0.308 e. The molecule has 0 bridgehead atoms. The van der Waals surface area contributed by atoms with Crippen LogP contribution in [0.2, 0.25) is 0 Å². The van der Waals surface area contributed by atoms with E-state index in [1.165, 1.54) is 13.8 Å². The molecule has 1 aromatic carbocycles. The van der Waals surface area contributed by atoms with Crippen LogP contribution in [0.1, 0.15) is 19.4 Å². The summed E-state index contributed by atoms with van der Waals surface area (Å²) in [7, 11) is 0. The van der Waals surface area contributed by atoms with E-state index in [1.807, 2.05) is 0 Å². The smallest absolute Gasteiger partial charge is 0.308 e. The van der Waals surface area contributed by atoms with Gasteiger partial charge in [0.25, 0.3) is 0 Å². The van der Waals surface area contributed by atoms with Crippen LogP contribution in [-0.2, 0) is 9.59 Å². The highest BCUT2D eigenvalue weighted by Crippen LogP contribution is 2.29. The van der Waals surface area contributed by atoms with Gasteiger partial charge in [0.15, 0.2) is 11.5 Å². The third-order valence-corrected chi connectivity index (χ3v) is 2.05. The molecular formula is C13H13ClO4. The van der Waals surface area contributed by atoms with Gasteiger partial charge in [-0.2, -0.15) is 0 Å². The molecule has 0 amide bonds. The predicted molar refractivity (Wildman–Crippen MR) is 68.8 cm³/mol. The molecule has 1 aromatic rings. The topological polar surface area (TPSA) is 52.6 Å². The fourth-order valence-electron chi connectivity index (χ4n) is 1.28. The summed E-state index contributed by atoms with van der Waals surface area (Å²) in [6.07, 6.45) is 3.53. The molecule has 0 aromatic heterocycles. The van der Waals surface area contributed by atoms with Crippen molar-refractivity contribution in [3.05, 3.63) is 29.8 Å². The number of esters is 2. The summed E-state index contributed by atoms with van der Waals surface area (Å²) in [6, 6.07) is 4.89. The predicted octanol–water partition coefficient (Wildman–Crippen LogP) is 2.79. The van der Waals surface area contributed by atoms with E-state index in [-0.39, 0.29) is 11.5 Å². The summed E-state index contributed by atoms with van der Waals surface area (Å²) in [5.74, 6) is -0.168. The van der Waals surface area contributed by atoms with E-state index in [9.17, 15) is 9.59 Å². The second-order valence-electron chi connectivity index (χ2n) is 3.45. The summed E-state index contributed by atoms with van der Waals surface area (Å²) < 4.78 is 9.92. The van der Waals surface area contributed by atoms with Crippen molar-refractivity contribution in [2.45, 2.75) is 13.8 Å². The largest absolute Gasteiger partial charge is 0.423 e. The Balaban J connectivity index is 3.06. The van der Waals surface area contributed by atoms with Crippen LogP contribution in [0, 0.1) is 0 Å². The molecule has 0 unspecified atom stereocenters. The lowest BCUT2D eigenvalue weighted by Gasteiger charge is -2.09. The molecule has 0 heterocycles. The number of benzene rings is 1. The van der Waals surface area contributed by atoms with E-state index in [0.29, 0.717) is 5.88 Å². The van der Waals surface area contributed by atoms with Gasteiger partial charge in [0, 0.05) is 19.7 Å². The third kappa shape index (κ3) is 4.59. The van der Waals surface area contributed by atoms with Gasteiger partial charge in [0.05, 0.1) is 0 Å². The van der Waals surface area contributed by atoms with Crippen molar-refractivity contribution in [1.29, 1.82) is 0 Å². The zero-order valence-corrected chi connectivity index (χ0v) is 10.9. The normalized spacial score (nSPS) is 10.4. The molecule has 0 aliphatic rings. The van der Waals surface area contributed by atoms with Crippen LogP contribution < -0.4 is 9.47 Å². The number of alkyl halides is 1. The number of ether oxygens (including phenoxy) is 2. The van der Waals surface area contributed by atoms with E-state index in [2.05, 4.69) is 0 Å². The van der Waals surface area contributed by atoms with Crippen molar-refractivity contribution in [2.75, 3.05) is 5.88 Å². The zero-order chi connectivity index (χ0) is 13.5. The number of carbonyl (C=O) groups is 2. The minimum Gasteiger partial charge on any atom is -0.423 e. The van der Waals surface area contributed by atoms with Gasteiger partial charge in [-0.3, -0.25) is 9.59 Å². The summed E-state index contributed by atoms with van der Waals surface area (Å²) in [5.41, 5.74) is 0.794. The first-order valence-electron chi connectivity index (χ1n) is 5.26. The van der Waals surface area contributed by atoms with Crippen LogP contribution in [0.3, 0.4) is 0 Å². The maximum atomic E-state index is 11.0. The number of hydrogen-bond donors (Lipinski definition) is 0. The van der Waals surface area contributed by atoms with Crippen LogP contribution in [0.4, 0.5) is 0 Å². The van der Waals surface area contributed by atoms with E-state index in [4.69, 9.17) is 21.1 Å². The molecule has 0 saturated heterocycles. The molecule has 4 nitrogen and oxygen atoms in total. The Kier molecular flexibility index (Phi) is 5.39. The van der Waals surface area contributed by atoms with Crippen LogP contribution in [0.15, 0.2) is 24.3 Å². The van der Waals surface area contributed by atoms with Crippen molar-refractivity contribution in [2.24, 2.45) is 0 Å². The molecule has 0 atom stereocenters. The molecule has 1 rings (SSSR count). The third-order valence-electron chi connectivity index (χ3n) is 1.87. The Morgan fingerprint density at radius 1 is 1.17 bits per heavy atom. The SMILES string of the molecule is CC(=O)Oc1ccc(/C=C/CCl)cc1OC(C)=O. The first-order chi connectivity index (χ1) is 8.52. The highest BCUT2D eigenvalue weighted by Gasteiger charge is 2.10. The second-order valence-corrected chi connectivity index (χ2v) is 3.76. The lowest BCUT2D eigenvalue weighted by Crippen LogP contribution is -2.07. The van der Waals surface area contributed by atoms with Gasteiger partial charge in [-0.05, 0) is 17.7 Å². The molecule has 0 N–H and O–H groups in total. The molecule has 5 heteroatoms. The molecule has 0 spiro atoms. The average Bonchev–Trinajstić information content (AvgIpc) is 2.28. The Bertz CT molecular complexity index is 480. The lowest BCUT2D eigenvalue weighted by atomic mass is 10.2. The van der Waals surface area contributed by atoms with Gasteiger partial charge in [0.2, 0.25) is 0 Å². The number of hydrogen-bond acceptors (Lipinski definition) is 4. The molecule has 0 aliphatic carbocycles. The highest BCUT2D eigenvalue weighted by atomic mass is 35.5. The van der Waals surface area contributed by atoms with Gasteiger partial charge in [-0.1, -0.05) is 18.2 Å². The maximum absolute atomic E-state index is 11.0. The van der Waals surface area contributed by atoms with Crippen LogP contribution in [0.5, 0.6) is 11.5 Å². The van der Waals surface area contributed by atoms with E-state index in [0.717, 1.165) is 5.56 Å². The standard InChI is InChI=1S/C13H13ClO4/c1-9(15)17-12-6-5-11(4-3-7-14)8-13(12)18-10(2)16/h3-6,8H,7H2,1-2H3/b4-3+. The number of allylic oxidation sites excluding steroid dienone is 1. The molecule has 0 aliphatic heterocycles. The zero-order valence-electron chi connectivity index (χ0n) is 10.1. The van der Waals surface area contributed by atoms with E-state index < -0.39 is 11.9 Å². The van der Waals surface area contributed by atoms with Crippen LogP contribution in [0.25, 0.3) is 6.08 Å². The summed E-state index contributed by atoms with van der Waals surface area (Å²) >= 11 is 5.53. The summed E-state index contributed by atoms with van der Waals surface area (Å²) in [6.45, 7) is 2.55. The van der Waals surface area contributed by atoms with Gasteiger partial charge < -0.3 is 9.47 Å². The van der Waals surface area contributed by atoms with Crippen molar-refractivity contribution < 1.29 is 19.1 Å². The molecule has 0 radical (unpaired) electrons. The Morgan fingerprint density at radius 3 is 2.33 bits per heavy atom. The summed E-state index contributed by atoms with van der Waals surface area (Å²) in [5, 5.41) is 0. The average molecular weight is 269 g/mol. The minimum atomic E-state index is -0.484. The second kappa shape index (κ2) is 6.81. The summed E-state index contributed by atoms with van der Waals surface area (Å²) in [4.78, 5) is 21.9. The van der Waals surface area contributed by atoms with Crippen LogP contribution in [-0.4, -0.2) is 17.8 Å². The fourth-order valence-corrected chi connectivity index (χ4v) is 1.37. The van der Waals surface area contributed by atoms with Gasteiger partial charge in [-0.15, -0.1) is 11.6 Å². The molecule has 0 fully saturated rings.